The van der Waals surface area contributed by atoms with Crippen LogP contribution in [0.1, 0.15) is 75.5 Å². The number of aromatic nitrogens is 2. The number of rotatable bonds is 12. The van der Waals surface area contributed by atoms with Gasteiger partial charge in [-0.25, -0.2) is 18.6 Å². The Morgan fingerprint density at radius 3 is 2.22 bits per heavy atom. The molecule has 6 atom stereocenters. The summed E-state index contributed by atoms with van der Waals surface area (Å²) in [7, 11) is 2.93. The summed E-state index contributed by atoms with van der Waals surface area (Å²) in [5.41, 5.74) is 7.21. The predicted octanol–water partition coefficient (Wildman–Crippen LogP) is 9.22. The van der Waals surface area contributed by atoms with Crippen molar-refractivity contribution >= 4 is 67.8 Å². The first-order chi connectivity index (χ1) is 33.2. The number of imidazole rings is 1. The van der Waals surface area contributed by atoms with Gasteiger partial charge in [-0.15, -0.1) is 0 Å². The number of hydrogen-bond acceptors (Lipinski definition) is 8. The van der Waals surface area contributed by atoms with Crippen LogP contribution in [-0.4, -0.2) is 101 Å². The maximum absolute atomic E-state index is 14.7. The van der Waals surface area contributed by atoms with Gasteiger partial charge in [0.25, 0.3) is 0 Å². The van der Waals surface area contributed by atoms with Crippen LogP contribution in [0.25, 0.3) is 43.7 Å². The molecule has 5 aromatic carbocycles. The van der Waals surface area contributed by atoms with Crippen molar-refractivity contribution in [3.63, 3.8) is 0 Å². The summed E-state index contributed by atoms with van der Waals surface area (Å²) in [5.74, 6) is -3.83. The van der Waals surface area contributed by atoms with Crippen molar-refractivity contribution < 1.29 is 37.4 Å². The number of fused-ring (bicyclic) bond motifs is 6. The molecule has 0 unspecified atom stereocenters. The summed E-state index contributed by atoms with van der Waals surface area (Å²) in [5, 5.41) is 9.74. The second kappa shape index (κ2) is 18.3. The number of aliphatic imine (C=N–C) groups is 1. The molecular formula is C54H57F2N7O6. The highest BCUT2D eigenvalue weighted by atomic mass is 19.3. The van der Waals surface area contributed by atoms with Gasteiger partial charge < -0.3 is 34.9 Å². The van der Waals surface area contributed by atoms with Gasteiger partial charge in [0.2, 0.25) is 23.6 Å². The highest BCUT2D eigenvalue weighted by molar-refractivity contribution is 6.08. The third-order valence-electron chi connectivity index (χ3n) is 14.6. The highest BCUT2D eigenvalue weighted by Crippen LogP contribution is 2.44. The molecule has 4 heterocycles. The van der Waals surface area contributed by atoms with Crippen molar-refractivity contribution in [2.75, 3.05) is 33.9 Å². The molecule has 1 aliphatic carbocycles. The van der Waals surface area contributed by atoms with E-state index in [9.17, 15) is 28.0 Å². The summed E-state index contributed by atoms with van der Waals surface area (Å²) < 4.78 is 38.0. The molecule has 0 radical (unpaired) electrons. The number of alkyl halides is 2. The monoisotopic (exact) mass is 937 g/mol. The predicted molar refractivity (Wildman–Crippen MR) is 260 cm³/mol. The molecule has 0 spiro atoms. The number of carbonyl (C=O) groups excluding carboxylic acids is 4. The van der Waals surface area contributed by atoms with Crippen LogP contribution in [0.3, 0.4) is 0 Å². The molecule has 1 saturated carbocycles. The van der Waals surface area contributed by atoms with Crippen LogP contribution < -0.4 is 10.6 Å². The zero-order valence-corrected chi connectivity index (χ0v) is 39.4. The van der Waals surface area contributed by atoms with Gasteiger partial charge in [0.1, 0.15) is 17.9 Å². The first-order valence-electron chi connectivity index (χ1n) is 23.9. The maximum atomic E-state index is 14.7. The molecule has 4 aliphatic rings. The van der Waals surface area contributed by atoms with Crippen LogP contribution in [0.2, 0.25) is 0 Å². The number of carbonyl (C=O) groups is 4. The first kappa shape index (κ1) is 46.0. The van der Waals surface area contributed by atoms with E-state index >= 15 is 0 Å². The van der Waals surface area contributed by atoms with E-state index in [2.05, 4.69) is 71.1 Å². The molecule has 15 heteroatoms. The number of H-pyrrole nitrogens is 1. The minimum absolute atomic E-state index is 0.0400. The lowest BCUT2D eigenvalue weighted by Gasteiger charge is -2.35. The fourth-order valence-electron chi connectivity index (χ4n) is 11.1. The number of nitrogens with zero attached hydrogens (tertiary/aromatic N) is 4. The lowest BCUT2D eigenvalue weighted by Crippen LogP contribution is -2.51. The average molecular weight is 938 g/mol. The molecule has 0 bridgehead atoms. The standard InChI is InChI=1S/C54H57F2N7O6/c1-29(2)46(61-53(67)69-5)51(65)62-26-30(3)19-45(62)49-58-42-18-14-36-22-34(12-16-39(36)48(42)59-49)33-11-15-38-35(21-33)13-17-41-40(38)23-43(57-41)44-20-31(28-68-4)27-63(44)52(66)47(32-9-7-6-8-10-32)60-50(64)37-24-54(55,56)25-37/h6-18,21-22,29-31,37,44-47H,19-20,23-28H2,1-5H3,(H,58,59)(H,60,64)(H,61,67)/t30-,31-,44-,45-,46-,47+/m0/s1. The summed E-state index contributed by atoms with van der Waals surface area (Å²) in [4.78, 5) is 71.5. The fraction of sp³-hybridized carbons (Fsp3) is 0.407. The quantitative estimate of drug-likeness (QED) is 0.110. The minimum Gasteiger partial charge on any atom is -0.453 e. The molecule has 3 N–H and O–H groups in total. The third kappa shape index (κ3) is 8.81. The van der Waals surface area contributed by atoms with Crippen LogP contribution >= 0.6 is 0 Å². The number of ether oxygens (including phenoxy) is 2. The summed E-state index contributed by atoms with van der Waals surface area (Å²) in [6.07, 6.45) is 0.248. The fourth-order valence-corrected chi connectivity index (χ4v) is 11.1. The van der Waals surface area contributed by atoms with Gasteiger partial charge in [0.15, 0.2) is 0 Å². The number of alkyl carbamates (subject to hydrolysis) is 1. The van der Waals surface area contributed by atoms with Crippen LogP contribution in [0.5, 0.6) is 0 Å². The zero-order valence-electron chi connectivity index (χ0n) is 39.4. The SMILES string of the molecule is COC[C@H]1C[C@@H](C2=Nc3ccc4cc(-c5ccc6c(ccc7[nH]c([C@@H]8C[C@H](C)CN8C(=O)[C@@H](NC(=O)OC)C(C)C)nc76)c5)ccc4c3C2)N(C(=O)[C@H](NC(=O)C2CC(F)(F)C2)c2ccccc2)C1. The Morgan fingerprint density at radius 2 is 1.52 bits per heavy atom. The third-order valence-corrected chi connectivity index (χ3v) is 14.6. The lowest BCUT2D eigenvalue weighted by atomic mass is 9.80. The Bertz CT molecular complexity index is 3020. The molecule has 2 saturated heterocycles. The second-order valence-electron chi connectivity index (χ2n) is 19.9. The number of hydrogen-bond donors (Lipinski definition) is 3. The van der Waals surface area contributed by atoms with Crippen molar-refractivity contribution in [2.45, 2.75) is 83.0 Å². The molecule has 10 rings (SSSR count). The van der Waals surface area contributed by atoms with Crippen LogP contribution in [0.15, 0.2) is 96.0 Å². The Kier molecular flexibility index (Phi) is 12.2. The van der Waals surface area contributed by atoms with Crippen molar-refractivity contribution in [1.82, 2.24) is 30.4 Å². The molecule has 69 heavy (non-hydrogen) atoms. The Hall–Kier alpha value is -6.74. The number of benzene rings is 5. The lowest BCUT2D eigenvalue weighted by molar-refractivity contribution is -0.152. The Labute approximate surface area is 399 Å². The second-order valence-corrected chi connectivity index (χ2v) is 19.9. The number of likely N-dealkylation sites (tertiary alicyclic amines) is 2. The van der Waals surface area contributed by atoms with Crippen LogP contribution in [0, 0.1) is 23.7 Å². The number of aromatic amines is 1. The summed E-state index contributed by atoms with van der Waals surface area (Å²) in [6, 6.07) is 27.7. The topological polar surface area (TPSA) is 158 Å². The van der Waals surface area contributed by atoms with Gasteiger partial charge in [-0.05, 0) is 87.4 Å². The highest BCUT2D eigenvalue weighted by Gasteiger charge is 2.50. The van der Waals surface area contributed by atoms with Gasteiger partial charge in [0.05, 0.1) is 42.5 Å². The minimum atomic E-state index is -2.86. The van der Waals surface area contributed by atoms with E-state index in [4.69, 9.17) is 19.5 Å². The van der Waals surface area contributed by atoms with Crippen molar-refractivity contribution in [1.29, 1.82) is 0 Å². The Balaban J connectivity index is 0.886. The van der Waals surface area contributed by atoms with E-state index < -0.39 is 48.8 Å². The average Bonchev–Trinajstić information content (AvgIpc) is 4.16. The molecule has 13 nitrogen and oxygen atoms in total. The molecule has 1 aromatic heterocycles. The number of halogens is 2. The van der Waals surface area contributed by atoms with Gasteiger partial charge >= 0.3 is 6.09 Å². The molecule has 358 valence electrons. The van der Waals surface area contributed by atoms with E-state index in [0.29, 0.717) is 38.1 Å². The van der Waals surface area contributed by atoms with E-state index in [1.165, 1.54) is 7.11 Å². The summed E-state index contributed by atoms with van der Waals surface area (Å²) in [6.45, 7) is 7.35. The molecular weight excluding hydrogens is 881 g/mol. The van der Waals surface area contributed by atoms with Crippen LogP contribution in [-0.2, 0) is 30.3 Å². The van der Waals surface area contributed by atoms with E-state index in [-0.39, 0.29) is 41.7 Å². The van der Waals surface area contributed by atoms with E-state index in [1.54, 1.807) is 36.3 Å². The summed E-state index contributed by atoms with van der Waals surface area (Å²) >= 11 is 0. The number of methoxy groups -OCH3 is 2. The normalized spacial score (nSPS) is 21.9. The van der Waals surface area contributed by atoms with Gasteiger partial charge in [0, 0.05) is 62.4 Å². The van der Waals surface area contributed by atoms with Crippen molar-refractivity contribution in [2.24, 2.45) is 28.7 Å². The molecule has 3 aliphatic heterocycles. The van der Waals surface area contributed by atoms with Crippen LogP contribution in [0.4, 0.5) is 19.3 Å². The van der Waals surface area contributed by atoms with Crippen molar-refractivity contribution in [3.05, 3.63) is 108 Å². The molecule has 6 aromatic rings. The van der Waals surface area contributed by atoms with E-state index in [1.807, 2.05) is 36.9 Å². The molecule has 3 fully saturated rings. The van der Waals surface area contributed by atoms with Crippen molar-refractivity contribution in [3.8, 4) is 11.1 Å². The van der Waals surface area contributed by atoms with Gasteiger partial charge in [-0.2, -0.15) is 0 Å². The smallest absolute Gasteiger partial charge is 0.407 e. The Morgan fingerprint density at radius 1 is 0.826 bits per heavy atom. The maximum Gasteiger partial charge on any atom is 0.407 e. The first-order valence-corrected chi connectivity index (χ1v) is 23.9. The van der Waals surface area contributed by atoms with Gasteiger partial charge in [-0.1, -0.05) is 87.5 Å². The van der Waals surface area contributed by atoms with E-state index in [0.717, 1.165) is 72.9 Å². The molecule has 4 amide bonds. The zero-order chi connectivity index (χ0) is 48.3. The van der Waals surface area contributed by atoms with Gasteiger partial charge in [-0.3, -0.25) is 19.4 Å². The number of nitrogens with one attached hydrogen (secondary N) is 3. The number of amides is 4. The largest absolute Gasteiger partial charge is 0.453 e.